The molecule has 2 aromatic carbocycles. The Bertz CT molecular complexity index is 1030. The molecule has 0 spiro atoms. The SMILES string of the molecule is Nc1nc2ccccc2n1CC1CC1.Nc1nc2ccccc2n1CC1CC1. The molecule has 6 heteroatoms. The van der Waals surface area contributed by atoms with E-state index in [9.17, 15) is 0 Å². The summed E-state index contributed by atoms with van der Waals surface area (Å²) in [5.41, 5.74) is 16.1. The number of hydrogen-bond donors (Lipinski definition) is 2. The van der Waals surface area contributed by atoms with Crippen molar-refractivity contribution in [3.05, 3.63) is 48.5 Å². The third-order valence-corrected chi connectivity index (χ3v) is 5.64. The van der Waals surface area contributed by atoms with Gasteiger partial charge in [-0.2, -0.15) is 0 Å². The lowest BCUT2D eigenvalue weighted by Gasteiger charge is -2.03. The van der Waals surface area contributed by atoms with Crippen molar-refractivity contribution in [2.24, 2.45) is 11.8 Å². The highest BCUT2D eigenvalue weighted by Gasteiger charge is 2.24. The van der Waals surface area contributed by atoms with E-state index in [2.05, 4.69) is 31.2 Å². The topological polar surface area (TPSA) is 87.7 Å². The third kappa shape index (κ3) is 3.42. The van der Waals surface area contributed by atoms with Crippen molar-refractivity contribution in [1.82, 2.24) is 19.1 Å². The van der Waals surface area contributed by atoms with E-state index in [-0.39, 0.29) is 0 Å². The lowest BCUT2D eigenvalue weighted by Crippen LogP contribution is -2.04. The summed E-state index contributed by atoms with van der Waals surface area (Å²) in [7, 11) is 0. The molecular formula is C22H26N6. The van der Waals surface area contributed by atoms with Gasteiger partial charge in [-0.3, -0.25) is 0 Å². The van der Waals surface area contributed by atoms with Crippen LogP contribution in [0.1, 0.15) is 25.7 Å². The summed E-state index contributed by atoms with van der Waals surface area (Å²) >= 11 is 0. The first kappa shape index (κ1) is 17.1. The minimum absolute atomic E-state index is 0.651. The number of nitrogens with zero attached hydrogens (tertiary/aromatic N) is 4. The van der Waals surface area contributed by atoms with Crippen molar-refractivity contribution in [2.75, 3.05) is 11.5 Å². The maximum Gasteiger partial charge on any atom is 0.201 e. The van der Waals surface area contributed by atoms with Crippen molar-refractivity contribution < 1.29 is 0 Å². The Morgan fingerprint density at radius 2 is 1.07 bits per heavy atom. The normalized spacial score (nSPS) is 16.3. The summed E-state index contributed by atoms with van der Waals surface area (Å²) in [4.78, 5) is 8.67. The number of anilines is 2. The number of nitrogen functional groups attached to an aromatic ring is 2. The van der Waals surface area contributed by atoms with Crippen molar-refractivity contribution >= 4 is 34.0 Å². The molecule has 2 fully saturated rings. The summed E-state index contributed by atoms with van der Waals surface area (Å²) in [5.74, 6) is 2.96. The molecule has 2 saturated carbocycles. The maximum absolute atomic E-state index is 5.88. The Balaban J connectivity index is 0.000000122. The van der Waals surface area contributed by atoms with E-state index in [1.165, 1.54) is 25.7 Å². The van der Waals surface area contributed by atoms with Crippen molar-refractivity contribution in [3.63, 3.8) is 0 Å². The first-order valence-corrected chi connectivity index (χ1v) is 10.1. The minimum atomic E-state index is 0.651. The minimum Gasteiger partial charge on any atom is -0.369 e. The number of fused-ring (bicyclic) bond motifs is 2. The average molecular weight is 374 g/mol. The molecule has 0 amide bonds. The van der Waals surface area contributed by atoms with E-state index in [0.29, 0.717) is 11.9 Å². The molecule has 144 valence electrons. The second-order valence-electron chi connectivity index (χ2n) is 8.03. The van der Waals surface area contributed by atoms with Gasteiger partial charge < -0.3 is 20.6 Å². The van der Waals surface area contributed by atoms with Gasteiger partial charge >= 0.3 is 0 Å². The van der Waals surface area contributed by atoms with E-state index in [0.717, 1.165) is 47.0 Å². The monoisotopic (exact) mass is 374 g/mol. The molecule has 0 bridgehead atoms. The van der Waals surface area contributed by atoms with Crippen molar-refractivity contribution in [3.8, 4) is 0 Å². The molecule has 0 unspecified atom stereocenters. The van der Waals surface area contributed by atoms with E-state index in [1.807, 2.05) is 36.4 Å². The van der Waals surface area contributed by atoms with Crippen molar-refractivity contribution in [2.45, 2.75) is 38.8 Å². The maximum atomic E-state index is 5.88. The zero-order chi connectivity index (χ0) is 19.1. The highest BCUT2D eigenvalue weighted by Crippen LogP contribution is 2.33. The lowest BCUT2D eigenvalue weighted by molar-refractivity contribution is 0.650. The molecule has 4 N–H and O–H groups in total. The van der Waals surface area contributed by atoms with E-state index >= 15 is 0 Å². The Kier molecular flexibility index (Phi) is 4.19. The molecule has 0 saturated heterocycles. The van der Waals surface area contributed by atoms with Crippen LogP contribution in [0.2, 0.25) is 0 Å². The fourth-order valence-corrected chi connectivity index (χ4v) is 3.69. The Labute approximate surface area is 164 Å². The molecule has 2 aliphatic rings. The Morgan fingerprint density at radius 3 is 1.46 bits per heavy atom. The van der Waals surface area contributed by atoms with Crippen LogP contribution in [0, 0.1) is 11.8 Å². The number of hydrogen-bond acceptors (Lipinski definition) is 4. The second kappa shape index (κ2) is 6.86. The van der Waals surface area contributed by atoms with Crippen LogP contribution < -0.4 is 11.5 Å². The molecule has 6 rings (SSSR count). The van der Waals surface area contributed by atoms with Gasteiger partial charge in [-0.25, -0.2) is 9.97 Å². The predicted octanol–water partition coefficient (Wildman–Crippen LogP) is 4.06. The molecule has 2 aromatic heterocycles. The van der Waals surface area contributed by atoms with Crippen LogP contribution in [0.3, 0.4) is 0 Å². The highest BCUT2D eigenvalue weighted by atomic mass is 15.2. The van der Waals surface area contributed by atoms with Crippen molar-refractivity contribution in [1.29, 1.82) is 0 Å². The van der Waals surface area contributed by atoms with Gasteiger partial charge in [-0.15, -0.1) is 0 Å². The summed E-state index contributed by atoms with van der Waals surface area (Å²) in [6, 6.07) is 16.2. The van der Waals surface area contributed by atoms with Gasteiger partial charge in [0.05, 0.1) is 22.1 Å². The van der Waals surface area contributed by atoms with Crippen LogP contribution in [-0.2, 0) is 13.1 Å². The lowest BCUT2D eigenvalue weighted by atomic mass is 10.3. The molecule has 4 aromatic rings. The molecule has 0 radical (unpaired) electrons. The fraction of sp³-hybridized carbons (Fsp3) is 0.364. The molecule has 28 heavy (non-hydrogen) atoms. The molecular weight excluding hydrogens is 348 g/mol. The standard InChI is InChI=1S/2C11H13N3/c2*12-11-13-9-3-1-2-4-10(9)14(11)7-8-5-6-8/h2*1-4,8H,5-7H2,(H2,12,13). The number of benzene rings is 2. The third-order valence-electron chi connectivity index (χ3n) is 5.64. The number of para-hydroxylation sites is 4. The number of nitrogens with two attached hydrogens (primary N) is 2. The first-order chi connectivity index (χ1) is 13.7. The van der Waals surface area contributed by atoms with E-state index in [4.69, 9.17) is 11.5 Å². The number of rotatable bonds is 4. The number of imidazole rings is 2. The smallest absolute Gasteiger partial charge is 0.201 e. The molecule has 0 aliphatic heterocycles. The Morgan fingerprint density at radius 1 is 0.679 bits per heavy atom. The van der Waals surface area contributed by atoms with Crippen LogP contribution in [-0.4, -0.2) is 19.1 Å². The molecule has 0 atom stereocenters. The van der Waals surface area contributed by atoms with Gasteiger partial charge in [0, 0.05) is 13.1 Å². The molecule has 6 nitrogen and oxygen atoms in total. The second-order valence-corrected chi connectivity index (χ2v) is 8.03. The summed E-state index contributed by atoms with van der Waals surface area (Å²) in [6.45, 7) is 2.07. The first-order valence-electron chi connectivity index (χ1n) is 10.1. The van der Waals surface area contributed by atoms with Crippen LogP contribution in [0.15, 0.2) is 48.5 Å². The fourth-order valence-electron chi connectivity index (χ4n) is 3.69. The molecule has 2 aliphatic carbocycles. The van der Waals surface area contributed by atoms with E-state index in [1.54, 1.807) is 0 Å². The van der Waals surface area contributed by atoms with Crippen LogP contribution in [0.5, 0.6) is 0 Å². The summed E-state index contributed by atoms with van der Waals surface area (Å²) in [6.07, 6.45) is 5.36. The zero-order valence-electron chi connectivity index (χ0n) is 16.0. The Hall–Kier alpha value is -3.02. The average Bonchev–Trinajstić information content (AvgIpc) is 3.61. The van der Waals surface area contributed by atoms with Gasteiger partial charge in [-0.05, 0) is 61.8 Å². The van der Waals surface area contributed by atoms with Gasteiger partial charge in [0.25, 0.3) is 0 Å². The quantitative estimate of drug-likeness (QED) is 0.564. The van der Waals surface area contributed by atoms with Gasteiger partial charge in [-0.1, -0.05) is 24.3 Å². The van der Waals surface area contributed by atoms with Gasteiger partial charge in [0.15, 0.2) is 0 Å². The highest BCUT2D eigenvalue weighted by molar-refractivity contribution is 5.78. The number of aromatic nitrogens is 4. The zero-order valence-corrected chi connectivity index (χ0v) is 16.0. The largest absolute Gasteiger partial charge is 0.369 e. The van der Waals surface area contributed by atoms with E-state index < -0.39 is 0 Å². The van der Waals surface area contributed by atoms with Crippen LogP contribution in [0.4, 0.5) is 11.9 Å². The summed E-state index contributed by atoms with van der Waals surface area (Å²) in [5, 5.41) is 0. The van der Waals surface area contributed by atoms with Crippen LogP contribution >= 0.6 is 0 Å². The predicted molar refractivity (Wildman–Crippen MR) is 114 cm³/mol. The van der Waals surface area contributed by atoms with Gasteiger partial charge in [0.2, 0.25) is 11.9 Å². The van der Waals surface area contributed by atoms with Gasteiger partial charge in [0.1, 0.15) is 0 Å². The summed E-state index contributed by atoms with van der Waals surface area (Å²) < 4.78 is 4.26. The molecule has 2 heterocycles. The van der Waals surface area contributed by atoms with Crippen LogP contribution in [0.25, 0.3) is 22.1 Å².